The van der Waals surface area contributed by atoms with Gasteiger partial charge in [-0.3, -0.25) is 4.79 Å². The normalized spacial score (nSPS) is 20.6. The van der Waals surface area contributed by atoms with Gasteiger partial charge >= 0.3 is 0 Å². The fourth-order valence-corrected chi connectivity index (χ4v) is 2.87. The first kappa shape index (κ1) is 18.0. The second-order valence-corrected chi connectivity index (χ2v) is 6.62. The summed E-state index contributed by atoms with van der Waals surface area (Å²) < 4.78 is 2.73. The molecule has 2 heterocycles. The number of nitrogens with one attached hydrogen (secondary N) is 2. The molecule has 0 aliphatic carbocycles. The molecule has 5 nitrogen and oxygen atoms in total. The summed E-state index contributed by atoms with van der Waals surface area (Å²) in [6.07, 6.45) is 4.46. The zero-order valence-corrected chi connectivity index (χ0v) is 15.2. The van der Waals surface area contributed by atoms with Crippen LogP contribution < -0.4 is 10.6 Å². The molecule has 1 aromatic carbocycles. The number of carbonyl (C=O) groups excluding carboxylic acids is 1. The van der Waals surface area contributed by atoms with Crippen molar-refractivity contribution in [3.63, 3.8) is 0 Å². The van der Waals surface area contributed by atoms with E-state index in [1.807, 2.05) is 24.3 Å². The Morgan fingerprint density at radius 3 is 2.83 bits per heavy atom. The monoisotopic (exact) mass is 398 g/mol. The molecule has 0 saturated carbocycles. The Bertz CT molecular complexity index is 658. The van der Waals surface area contributed by atoms with Crippen LogP contribution in [0.1, 0.15) is 23.7 Å². The van der Waals surface area contributed by atoms with E-state index in [2.05, 4.69) is 38.6 Å². The average Bonchev–Trinajstić information content (AvgIpc) is 3.00. The quantitative estimate of drug-likeness (QED) is 0.834. The number of benzene rings is 1. The van der Waals surface area contributed by atoms with Crippen molar-refractivity contribution in [2.45, 2.75) is 19.4 Å². The van der Waals surface area contributed by atoms with Crippen LogP contribution in [0.25, 0.3) is 5.69 Å². The summed E-state index contributed by atoms with van der Waals surface area (Å²) in [6, 6.07) is 7.98. The number of piperidine rings is 1. The van der Waals surface area contributed by atoms with E-state index < -0.39 is 0 Å². The van der Waals surface area contributed by atoms with E-state index in [1.165, 1.54) is 0 Å². The second kappa shape index (κ2) is 7.95. The van der Waals surface area contributed by atoms with Gasteiger partial charge in [0, 0.05) is 23.3 Å². The van der Waals surface area contributed by atoms with Crippen molar-refractivity contribution in [1.82, 2.24) is 20.4 Å². The maximum Gasteiger partial charge on any atom is 0.254 e. The van der Waals surface area contributed by atoms with Gasteiger partial charge in [-0.25, -0.2) is 4.68 Å². The zero-order chi connectivity index (χ0) is 15.5. The minimum absolute atomic E-state index is 0. The molecule has 3 rings (SSSR count). The van der Waals surface area contributed by atoms with Crippen molar-refractivity contribution in [2.24, 2.45) is 5.92 Å². The third kappa shape index (κ3) is 4.34. The van der Waals surface area contributed by atoms with Crippen LogP contribution in [0, 0.1) is 5.92 Å². The Balaban J connectivity index is 0.00000192. The summed E-state index contributed by atoms with van der Waals surface area (Å²) in [6.45, 7) is 4.03. The number of hydrogen-bond acceptors (Lipinski definition) is 3. The predicted octanol–water partition coefficient (Wildman–Crippen LogP) is 2.78. The van der Waals surface area contributed by atoms with Crippen LogP contribution in [-0.2, 0) is 0 Å². The molecule has 1 fully saturated rings. The number of rotatable bonds is 3. The molecule has 1 saturated heterocycles. The topological polar surface area (TPSA) is 58.9 Å². The van der Waals surface area contributed by atoms with Gasteiger partial charge in [-0.2, -0.15) is 5.10 Å². The second-order valence-electron chi connectivity index (χ2n) is 5.70. The summed E-state index contributed by atoms with van der Waals surface area (Å²) in [5.74, 6) is 0.427. The first-order chi connectivity index (χ1) is 10.6. The van der Waals surface area contributed by atoms with E-state index in [0.717, 1.165) is 29.7 Å². The molecule has 7 heteroatoms. The first-order valence-corrected chi connectivity index (χ1v) is 8.25. The van der Waals surface area contributed by atoms with Crippen molar-refractivity contribution in [1.29, 1.82) is 0 Å². The fourth-order valence-electron chi connectivity index (χ4n) is 2.61. The standard InChI is InChI=1S/C16H19BrN4O.ClH/c1-11-6-7-18-9-15(11)20-16(22)12-8-19-21(10-12)14-4-2-13(17)3-5-14;/h2-5,8,10-11,15,18H,6-7,9H2,1H3,(H,20,22);1H. The fraction of sp³-hybridized carbons (Fsp3) is 0.375. The molecule has 0 bridgehead atoms. The van der Waals surface area contributed by atoms with Gasteiger partial charge in [-0.05, 0) is 43.1 Å². The lowest BCUT2D eigenvalue weighted by atomic mass is 9.94. The van der Waals surface area contributed by atoms with Crippen molar-refractivity contribution in [3.8, 4) is 5.69 Å². The summed E-state index contributed by atoms with van der Waals surface area (Å²) in [5, 5.41) is 10.7. The van der Waals surface area contributed by atoms with E-state index >= 15 is 0 Å². The Labute approximate surface area is 150 Å². The van der Waals surface area contributed by atoms with Crippen LogP contribution >= 0.6 is 28.3 Å². The highest BCUT2D eigenvalue weighted by atomic mass is 79.9. The smallest absolute Gasteiger partial charge is 0.254 e. The van der Waals surface area contributed by atoms with Crippen molar-refractivity contribution in [3.05, 3.63) is 46.7 Å². The lowest BCUT2D eigenvalue weighted by Crippen LogP contribution is -2.50. The summed E-state index contributed by atoms with van der Waals surface area (Å²) >= 11 is 3.41. The van der Waals surface area contributed by atoms with E-state index in [0.29, 0.717) is 11.5 Å². The van der Waals surface area contributed by atoms with Crippen LogP contribution in [0.2, 0.25) is 0 Å². The molecule has 1 amide bonds. The third-order valence-electron chi connectivity index (χ3n) is 4.08. The zero-order valence-electron chi connectivity index (χ0n) is 12.8. The van der Waals surface area contributed by atoms with Crippen LogP contribution in [-0.4, -0.2) is 34.8 Å². The minimum Gasteiger partial charge on any atom is -0.348 e. The molecule has 2 N–H and O–H groups in total. The van der Waals surface area contributed by atoms with Gasteiger partial charge < -0.3 is 10.6 Å². The molecule has 23 heavy (non-hydrogen) atoms. The van der Waals surface area contributed by atoms with Crippen molar-refractivity contribution >= 4 is 34.2 Å². The maximum atomic E-state index is 12.4. The number of aromatic nitrogens is 2. The van der Waals surface area contributed by atoms with Gasteiger partial charge in [0.15, 0.2) is 0 Å². The molecule has 1 aromatic heterocycles. The maximum absolute atomic E-state index is 12.4. The molecule has 2 aromatic rings. The molecular weight excluding hydrogens is 380 g/mol. The highest BCUT2D eigenvalue weighted by molar-refractivity contribution is 9.10. The molecule has 1 aliphatic rings. The number of halogens is 2. The molecule has 0 spiro atoms. The third-order valence-corrected chi connectivity index (χ3v) is 4.61. The van der Waals surface area contributed by atoms with Gasteiger partial charge in [0.1, 0.15) is 0 Å². The Kier molecular flexibility index (Phi) is 6.21. The highest BCUT2D eigenvalue weighted by Gasteiger charge is 2.23. The average molecular weight is 400 g/mol. The summed E-state index contributed by atoms with van der Waals surface area (Å²) in [4.78, 5) is 12.4. The predicted molar refractivity (Wildman–Crippen MR) is 96.4 cm³/mol. The van der Waals surface area contributed by atoms with Gasteiger partial charge in [0.25, 0.3) is 5.91 Å². The molecule has 2 atom stereocenters. The summed E-state index contributed by atoms with van der Waals surface area (Å²) in [5.41, 5.74) is 1.51. The molecule has 2 unspecified atom stereocenters. The van der Waals surface area contributed by atoms with Crippen LogP contribution in [0.3, 0.4) is 0 Å². The van der Waals surface area contributed by atoms with E-state index in [1.54, 1.807) is 17.1 Å². The van der Waals surface area contributed by atoms with Gasteiger partial charge in [0.05, 0.1) is 17.4 Å². The van der Waals surface area contributed by atoms with Gasteiger partial charge in [0.2, 0.25) is 0 Å². The molecule has 1 aliphatic heterocycles. The Hall–Kier alpha value is -1.37. The van der Waals surface area contributed by atoms with E-state index in [-0.39, 0.29) is 24.4 Å². The van der Waals surface area contributed by atoms with Crippen LogP contribution in [0.15, 0.2) is 41.1 Å². The van der Waals surface area contributed by atoms with Crippen LogP contribution in [0.5, 0.6) is 0 Å². The van der Waals surface area contributed by atoms with Crippen molar-refractivity contribution in [2.75, 3.05) is 13.1 Å². The number of nitrogens with zero attached hydrogens (tertiary/aromatic N) is 2. The Morgan fingerprint density at radius 1 is 1.39 bits per heavy atom. The van der Waals surface area contributed by atoms with Crippen LogP contribution in [0.4, 0.5) is 0 Å². The number of carbonyl (C=O) groups is 1. The molecule has 0 radical (unpaired) electrons. The minimum atomic E-state index is -0.0658. The number of amides is 1. The van der Waals surface area contributed by atoms with Gasteiger partial charge in [-0.1, -0.05) is 22.9 Å². The lowest BCUT2D eigenvalue weighted by Gasteiger charge is -2.30. The van der Waals surface area contributed by atoms with Gasteiger partial charge in [-0.15, -0.1) is 12.4 Å². The molecular formula is C16H20BrClN4O. The SMILES string of the molecule is CC1CCNCC1NC(=O)c1cnn(-c2ccc(Br)cc2)c1.Cl. The largest absolute Gasteiger partial charge is 0.348 e. The lowest BCUT2D eigenvalue weighted by molar-refractivity contribution is 0.0915. The van der Waals surface area contributed by atoms with Crippen molar-refractivity contribution < 1.29 is 4.79 Å². The summed E-state index contributed by atoms with van der Waals surface area (Å²) in [7, 11) is 0. The molecule has 124 valence electrons. The first-order valence-electron chi connectivity index (χ1n) is 7.45. The van der Waals surface area contributed by atoms with E-state index in [4.69, 9.17) is 0 Å². The van der Waals surface area contributed by atoms with E-state index in [9.17, 15) is 4.79 Å². The highest BCUT2D eigenvalue weighted by Crippen LogP contribution is 2.15. The Morgan fingerprint density at radius 2 is 2.13 bits per heavy atom. The number of hydrogen-bond donors (Lipinski definition) is 2.